The maximum absolute atomic E-state index is 11.1. The van der Waals surface area contributed by atoms with Crippen molar-refractivity contribution < 1.29 is 9.53 Å². The Bertz CT molecular complexity index is 205. The molecule has 2 aliphatic rings. The highest BCUT2D eigenvalue weighted by atomic mass is 16.5. The van der Waals surface area contributed by atoms with Crippen LogP contribution in [0.25, 0.3) is 0 Å². The Kier molecular flexibility index (Phi) is 2.54. The van der Waals surface area contributed by atoms with Gasteiger partial charge in [0.1, 0.15) is 6.61 Å². The lowest BCUT2D eigenvalue weighted by molar-refractivity contribution is -0.137. The number of hydrogen-bond donors (Lipinski definition) is 1. The quantitative estimate of drug-likeness (QED) is 0.610. The molecule has 1 aliphatic carbocycles. The molecule has 0 aromatic heterocycles. The molecule has 3 atom stereocenters. The lowest BCUT2D eigenvalue weighted by atomic mass is 9.99. The number of nitrogens with one attached hydrogen (secondary N) is 1. The van der Waals surface area contributed by atoms with Gasteiger partial charge in [-0.2, -0.15) is 0 Å². The van der Waals surface area contributed by atoms with Crippen LogP contribution < -0.4 is 5.32 Å². The summed E-state index contributed by atoms with van der Waals surface area (Å²) in [6.45, 7) is 2.51. The number of fused-ring (bicyclic) bond motifs is 1. The molecule has 1 saturated carbocycles. The third-order valence-electron chi connectivity index (χ3n) is 3.07. The van der Waals surface area contributed by atoms with Crippen LogP contribution in [0.5, 0.6) is 0 Å². The van der Waals surface area contributed by atoms with Crippen LogP contribution in [-0.4, -0.2) is 24.7 Å². The van der Waals surface area contributed by atoms with Gasteiger partial charge < -0.3 is 10.1 Å². The van der Waals surface area contributed by atoms with E-state index in [4.69, 9.17) is 4.74 Å². The van der Waals surface area contributed by atoms with Crippen molar-refractivity contribution in [2.45, 2.75) is 44.8 Å². The molecule has 3 unspecified atom stereocenters. The van der Waals surface area contributed by atoms with Crippen LogP contribution in [0.2, 0.25) is 0 Å². The molecule has 0 spiro atoms. The van der Waals surface area contributed by atoms with E-state index in [-0.39, 0.29) is 24.7 Å². The topological polar surface area (TPSA) is 38.3 Å². The van der Waals surface area contributed by atoms with Crippen LogP contribution in [0.15, 0.2) is 0 Å². The summed E-state index contributed by atoms with van der Waals surface area (Å²) < 4.78 is 5.51. The van der Waals surface area contributed by atoms with E-state index in [2.05, 4.69) is 12.2 Å². The van der Waals surface area contributed by atoms with Crippen molar-refractivity contribution in [3.63, 3.8) is 0 Å². The van der Waals surface area contributed by atoms with Crippen molar-refractivity contribution in [3.05, 3.63) is 0 Å². The first-order valence-corrected chi connectivity index (χ1v) is 5.16. The first-order valence-electron chi connectivity index (χ1n) is 5.16. The Labute approximate surface area is 78.8 Å². The molecule has 0 radical (unpaired) electrons. The highest BCUT2D eigenvalue weighted by Crippen LogP contribution is 2.26. The van der Waals surface area contributed by atoms with E-state index in [1.807, 2.05) is 0 Å². The fourth-order valence-corrected chi connectivity index (χ4v) is 2.35. The summed E-state index contributed by atoms with van der Waals surface area (Å²) in [5, 5.41) is 3.02. The Balaban J connectivity index is 2.01. The summed E-state index contributed by atoms with van der Waals surface area (Å²) in [4.78, 5) is 11.1. The molecule has 1 saturated heterocycles. The van der Waals surface area contributed by atoms with Crippen molar-refractivity contribution in [3.8, 4) is 0 Å². The zero-order valence-electron chi connectivity index (χ0n) is 8.08. The van der Waals surface area contributed by atoms with E-state index in [1.54, 1.807) is 0 Å². The molecule has 0 aromatic carbocycles. The average molecular weight is 183 g/mol. The van der Waals surface area contributed by atoms with Gasteiger partial charge in [-0.1, -0.05) is 19.8 Å². The third kappa shape index (κ3) is 2.02. The standard InChI is InChI=1S/C10H17NO2/c1-7-3-2-4-9-8(5-7)11-10(12)6-13-9/h7-9H,2-6H2,1H3,(H,11,12). The third-order valence-corrected chi connectivity index (χ3v) is 3.07. The summed E-state index contributed by atoms with van der Waals surface area (Å²) in [7, 11) is 0. The Morgan fingerprint density at radius 3 is 3.15 bits per heavy atom. The molecule has 2 fully saturated rings. The lowest BCUT2D eigenvalue weighted by Gasteiger charge is -2.31. The van der Waals surface area contributed by atoms with E-state index in [1.165, 1.54) is 12.8 Å². The maximum Gasteiger partial charge on any atom is 0.246 e. The smallest absolute Gasteiger partial charge is 0.246 e. The predicted octanol–water partition coefficient (Wildman–Crippen LogP) is 1.08. The summed E-state index contributed by atoms with van der Waals surface area (Å²) in [5.74, 6) is 0.771. The number of carbonyl (C=O) groups excluding carboxylic acids is 1. The van der Waals surface area contributed by atoms with E-state index in [0.29, 0.717) is 0 Å². The van der Waals surface area contributed by atoms with Crippen LogP contribution in [-0.2, 0) is 9.53 Å². The molecule has 0 bridgehead atoms. The van der Waals surface area contributed by atoms with Gasteiger partial charge in [0.2, 0.25) is 5.91 Å². The summed E-state index contributed by atoms with van der Waals surface area (Å²) in [5.41, 5.74) is 0. The molecule has 1 heterocycles. The minimum absolute atomic E-state index is 0.0513. The second-order valence-electron chi connectivity index (χ2n) is 4.30. The van der Waals surface area contributed by atoms with Gasteiger partial charge in [-0.3, -0.25) is 4.79 Å². The van der Waals surface area contributed by atoms with Crippen LogP contribution in [0.4, 0.5) is 0 Å². The molecule has 3 heteroatoms. The van der Waals surface area contributed by atoms with E-state index >= 15 is 0 Å². The minimum atomic E-state index is 0.0513. The average Bonchev–Trinajstić information content (AvgIpc) is 2.25. The van der Waals surface area contributed by atoms with Gasteiger partial charge in [0, 0.05) is 0 Å². The van der Waals surface area contributed by atoms with E-state index in [9.17, 15) is 4.79 Å². The van der Waals surface area contributed by atoms with Crippen LogP contribution in [0.3, 0.4) is 0 Å². The van der Waals surface area contributed by atoms with Gasteiger partial charge in [0.05, 0.1) is 12.1 Å². The van der Waals surface area contributed by atoms with Crippen molar-refractivity contribution in [2.24, 2.45) is 5.92 Å². The molecular formula is C10H17NO2. The molecule has 2 rings (SSSR count). The van der Waals surface area contributed by atoms with E-state index < -0.39 is 0 Å². The highest BCUT2D eigenvalue weighted by molar-refractivity contribution is 5.78. The maximum atomic E-state index is 11.1. The summed E-state index contributed by atoms with van der Waals surface area (Å²) >= 11 is 0. The second-order valence-corrected chi connectivity index (χ2v) is 4.30. The monoisotopic (exact) mass is 183 g/mol. The number of carbonyl (C=O) groups is 1. The van der Waals surface area contributed by atoms with Crippen LogP contribution in [0.1, 0.15) is 32.6 Å². The first-order chi connectivity index (χ1) is 6.25. The van der Waals surface area contributed by atoms with E-state index in [0.717, 1.165) is 18.8 Å². The minimum Gasteiger partial charge on any atom is -0.366 e. The number of hydrogen-bond acceptors (Lipinski definition) is 2. The van der Waals surface area contributed by atoms with Crippen molar-refractivity contribution >= 4 is 5.91 Å². The fraction of sp³-hybridized carbons (Fsp3) is 0.900. The Hall–Kier alpha value is -0.570. The van der Waals surface area contributed by atoms with Gasteiger partial charge >= 0.3 is 0 Å². The molecule has 13 heavy (non-hydrogen) atoms. The van der Waals surface area contributed by atoms with Gasteiger partial charge in [-0.05, 0) is 18.8 Å². The number of rotatable bonds is 0. The molecule has 74 valence electrons. The van der Waals surface area contributed by atoms with Gasteiger partial charge in [-0.25, -0.2) is 0 Å². The SMILES string of the molecule is CC1CCCC2OCC(=O)NC2C1. The fourth-order valence-electron chi connectivity index (χ4n) is 2.35. The number of amides is 1. The van der Waals surface area contributed by atoms with Crippen molar-refractivity contribution in [2.75, 3.05) is 6.61 Å². The van der Waals surface area contributed by atoms with Crippen molar-refractivity contribution in [1.29, 1.82) is 0 Å². The largest absolute Gasteiger partial charge is 0.366 e. The first kappa shape index (κ1) is 9.00. The lowest BCUT2D eigenvalue weighted by Crippen LogP contribution is -2.51. The molecular weight excluding hydrogens is 166 g/mol. The highest BCUT2D eigenvalue weighted by Gasteiger charge is 2.32. The molecule has 0 aromatic rings. The predicted molar refractivity (Wildman–Crippen MR) is 49.3 cm³/mol. The van der Waals surface area contributed by atoms with Gasteiger partial charge in [0.25, 0.3) is 0 Å². The Morgan fingerprint density at radius 1 is 1.46 bits per heavy atom. The van der Waals surface area contributed by atoms with Crippen LogP contribution in [0, 0.1) is 5.92 Å². The zero-order valence-corrected chi connectivity index (χ0v) is 8.08. The number of morpholine rings is 1. The molecule has 1 amide bonds. The molecule has 3 nitrogen and oxygen atoms in total. The summed E-state index contributed by atoms with van der Waals surface area (Å²) in [6, 6.07) is 0.277. The summed E-state index contributed by atoms with van der Waals surface area (Å²) in [6.07, 6.45) is 4.97. The van der Waals surface area contributed by atoms with Gasteiger partial charge in [0.15, 0.2) is 0 Å². The molecule has 1 N–H and O–H groups in total. The van der Waals surface area contributed by atoms with Crippen molar-refractivity contribution in [1.82, 2.24) is 5.32 Å². The number of ether oxygens (including phenoxy) is 1. The second kappa shape index (κ2) is 3.66. The molecule has 1 aliphatic heterocycles. The van der Waals surface area contributed by atoms with Gasteiger partial charge in [-0.15, -0.1) is 0 Å². The zero-order chi connectivity index (χ0) is 9.26. The Morgan fingerprint density at radius 2 is 2.31 bits per heavy atom. The van der Waals surface area contributed by atoms with Crippen LogP contribution >= 0.6 is 0 Å². The normalized spacial score (nSPS) is 40.4.